The second kappa shape index (κ2) is 8.67. The van der Waals surface area contributed by atoms with E-state index >= 15 is 0 Å². The quantitative estimate of drug-likeness (QED) is 0.692. The molecule has 0 aromatic heterocycles. The number of carbonyl (C=O) groups excluding carboxylic acids is 1. The molecule has 21 heavy (non-hydrogen) atoms. The molecule has 0 spiro atoms. The minimum atomic E-state index is -0.375. The van der Waals surface area contributed by atoms with Crippen LogP contribution in [0, 0.1) is 13.8 Å². The first-order valence-electron chi connectivity index (χ1n) is 7.52. The molecule has 0 aliphatic rings. The molecule has 0 saturated heterocycles. The highest BCUT2D eigenvalue weighted by Crippen LogP contribution is 2.19. The van der Waals surface area contributed by atoms with Crippen molar-refractivity contribution < 1.29 is 14.3 Å². The van der Waals surface area contributed by atoms with E-state index in [2.05, 4.69) is 12.1 Å². The smallest absolute Gasteiger partial charge is 0.251 e. The molecule has 0 radical (unpaired) electrons. The van der Waals surface area contributed by atoms with Crippen molar-refractivity contribution in [3.05, 3.63) is 29.3 Å². The maximum Gasteiger partial charge on any atom is 0.251 e. The lowest BCUT2D eigenvalue weighted by Gasteiger charge is -2.21. The lowest BCUT2D eigenvalue weighted by Crippen LogP contribution is -2.37. The van der Waals surface area contributed by atoms with Gasteiger partial charge in [0.2, 0.25) is 0 Å². The van der Waals surface area contributed by atoms with Crippen LogP contribution in [0.2, 0.25) is 0 Å². The summed E-state index contributed by atoms with van der Waals surface area (Å²) in [4.78, 5) is 13.7. The summed E-state index contributed by atoms with van der Waals surface area (Å²) in [5.41, 5.74) is 2.32. The van der Waals surface area contributed by atoms with Gasteiger partial charge in [-0.15, -0.1) is 0 Å². The summed E-state index contributed by atoms with van der Waals surface area (Å²) >= 11 is 0. The van der Waals surface area contributed by atoms with Crippen LogP contribution in [-0.4, -0.2) is 43.7 Å². The van der Waals surface area contributed by atoms with Crippen molar-refractivity contribution in [2.24, 2.45) is 0 Å². The summed E-state index contributed by atoms with van der Waals surface area (Å²) in [6.45, 7) is 9.58. The SMILES string of the molecule is CCO[C@H](C)C(=O)N(C)CCCOc1cc(C)ccc1C. The minimum Gasteiger partial charge on any atom is -0.493 e. The van der Waals surface area contributed by atoms with Crippen LogP contribution in [0.1, 0.15) is 31.4 Å². The fourth-order valence-corrected chi connectivity index (χ4v) is 2.09. The largest absolute Gasteiger partial charge is 0.493 e. The zero-order valence-corrected chi connectivity index (χ0v) is 13.8. The summed E-state index contributed by atoms with van der Waals surface area (Å²) in [6.07, 6.45) is 0.425. The van der Waals surface area contributed by atoms with E-state index in [9.17, 15) is 4.79 Å². The molecule has 1 aromatic rings. The molecule has 0 N–H and O–H groups in total. The molecule has 0 saturated carbocycles. The average Bonchev–Trinajstić information content (AvgIpc) is 2.46. The molecule has 0 heterocycles. The van der Waals surface area contributed by atoms with Gasteiger partial charge < -0.3 is 14.4 Å². The molecule has 0 unspecified atom stereocenters. The van der Waals surface area contributed by atoms with Crippen molar-refractivity contribution in [1.82, 2.24) is 4.90 Å². The Morgan fingerprint density at radius 2 is 2.05 bits per heavy atom. The van der Waals surface area contributed by atoms with Gasteiger partial charge >= 0.3 is 0 Å². The summed E-state index contributed by atoms with van der Waals surface area (Å²) in [7, 11) is 1.80. The van der Waals surface area contributed by atoms with E-state index in [1.807, 2.05) is 26.8 Å². The number of nitrogens with zero attached hydrogens (tertiary/aromatic N) is 1. The number of likely N-dealkylation sites (N-methyl/N-ethyl adjacent to an activating group) is 1. The number of rotatable bonds is 8. The van der Waals surface area contributed by atoms with Crippen LogP contribution >= 0.6 is 0 Å². The van der Waals surface area contributed by atoms with E-state index in [-0.39, 0.29) is 12.0 Å². The van der Waals surface area contributed by atoms with Gasteiger partial charge in [-0.1, -0.05) is 12.1 Å². The highest BCUT2D eigenvalue weighted by Gasteiger charge is 2.16. The van der Waals surface area contributed by atoms with Crippen LogP contribution in [0.5, 0.6) is 5.75 Å². The van der Waals surface area contributed by atoms with E-state index in [0.717, 1.165) is 17.7 Å². The number of aryl methyl sites for hydroxylation is 2. The normalized spacial score (nSPS) is 12.0. The van der Waals surface area contributed by atoms with Gasteiger partial charge in [-0.25, -0.2) is 0 Å². The predicted octanol–water partition coefficient (Wildman–Crippen LogP) is 2.96. The molecule has 0 bridgehead atoms. The van der Waals surface area contributed by atoms with Crippen molar-refractivity contribution in [1.29, 1.82) is 0 Å². The van der Waals surface area contributed by atoms with Crippen molar-refractivity contribution in [2.75, 3.05) is 26.8 Å². The van der Waals surface area contributed by atoms with Gasteiger partial charge in [-0.2, -0.15) is 0 Å². The Hall–Kier alpha value is -1.55. The van der Waals surface area contributed by atoms with Crippen LogP contribution in [0.25, 0.3) is 0 Å². The Kier molecular flexibility index (Phi) is 7.23. The third-order valence-electron chi connectivity index (χ3n) is 3.38. The molecule has 1 atom stereocenters. The number of hydrogen-bond acceptors (Lipinski definition) is 3. The molecular weight excluding hydrogens is 266 g/mol. The molecule has 0 aliphatic carbocycles. The van der Waals surface area contributed by atoms with Crippen LogP contribution < -0.4 is 4.74 Å². The summed E-state index contributed by atoms with van der Waals surface area (Å²) in [5.74, 6) is 0.940. The highest BCUT2D eigenvalue weighted by atomic mass is 16.5. The maximum atomic E-state index is 12.0. The molecule has 4 nitrogen and oxygen atoms in total. The zero-order chi connectivity index (χ0) is 15.8. The topological polar surface area (TPSA) is 38.8 Å². The summed E-state index contributed by atoms with van der Waals surface area (Å²) < 4.78 is 11.1. The first-order valence-corrected chi connectivity index (χ1v) is 7.52. The van der Waals surface area contributed by atoms with E-state index < -0.39 is 0 Å². The first kappa shape index (κ1) is 17.5. The fraction of sp³-hybridized carbons (Fsp3) is 0.588. The van der Waals surface area contributed by atoms with Crippen molar-refractivity contribution >= 4 is 5.91 Å². The van der Waals surface area contributed by atoms with Gasteiger partial charge in [0.15, 0.2) is 0 Å². The van der Waals surface area contributed by atoms with Gasteiger partial charge in [0, 0.05) is 20.2 Å². The molecule has 1 aromatic carbocycles. The summed E-state index contributed by atoms with van der Waals surface area (Å²) in [6, 6.07) is 6.18. The van der Waals surface area contributed by atoms with Crippen LogP contribution in [0.4, 0.5) is 0 Å². The molecule has 1 rings (SSSR count). The number of carbonyl (C=O) groups is 1. The second-order valence-electron chi connectivity index (χ2n) is 5.33. The lowest BCUT2D eigenvalue weighted by atomic mass is 10.1. The van der Waals surface area contributed by atoms with Crippen LogP contribution in [-0.2, 0) is 9.53 Å². The average molecular weight is 293 g/mol. The van der Waals surface area contributed by atoms with Crippen LogP contribution in [0.15, 0.2) is 18.2 Å². The maximum absolute atomic E-state index is 12.0. The molecule has 4 heteroatoms. The third-order valence-corrected chi connectivity index (χ3v) is 3.38. The Morgan fingerprint density at radius 3 is 2.71 bits per heavy atom. The van der Waals surface area contributed by atoms with Gasteiger partial charge in [0.05, 0.1) is 6.61 Å². The number of hydrogen-bond donors (Lipinski definition) is 0. The Balaban J connectivity index is 2.33. The minimum absolute atomic E-state index is 0.0172. The fourth-order valence-electron chi connectivity index (χ4n) is 2.09. The zero-order valence-electron chi connectivity index (χ0n) is 13.8. The van der Waals surface area contributed by atoms with Gasteiger partial charge in [-0.3, -0.25) is 4.79 Å². The third kappa shape index (κ3) is 5.76. The van der Waals surface area contributed by atoms with Crippen molar-refractivity contribution in [2.45, 2.75) is 40.2 Å². The molecular formula is C17H27NO3. The van der Waals surface area contributed by atoms with Crippen molar-refractivity contribution in [3.8, 4) is 5.75 Å². The standard InChI is InChI=1S/C17H27NO3/c1-6-20-15(4)17(19)18(5)10-7-11-21-16-12-13(2)8-9-14(16)3/h8-9,12,15H,6-7,10-11H2,1-5H3/t15-/m1/s1. The number of amides is 1. The monoisotopic (exact) mass is 293 g/mol. The Morgan fingerprint density at radius 1 is 1.33 bits per heavy atom. The molecule has 0 aliphatic heterocycles. The molecule has 0 fully saturated rings. The van der Waals surface area contributed by atoms with Crippen molar-refractivity contribution in [3.63, 3.8) is 0 Å². The van der Waals surface area contributed by atoms with Gasteiger partial charge in [-0.05, 0) is 51.3 Å². The van der Waals surface area contributed by atoms with E-state index in [1.54, 1.807) is 18.9 Å². The molecule has 1 amide bonds. The van der Waals surface area contributed by atoms with Gasteiger partial charge in [0.25, 0.3) is 5.91 Å². The number of benzene rings is 1. The highest BCUT2D eigenvalue weighted by molar-refractivity contribution is 5.80. The van der Waals surface area contributed by atoms with E-state index in [1.165, 1.54) is 5.56 Å². The summed E-state index contributed by atoms with van der Waals surface area (Å²) in [5, 5.41) is 0. The Labute approximate surface area is 128 Å². The predicted molar refractivity (Wildman–Crippen MR) is 84.8 cm³/mol. The van der Waals surface area contributed by atoms with Crippen LogP contribution in [0.3, 0.4) is 0 Å². The Bertz CT molecular complexity index is 459. The van der Waals surface area contributed by atoms with E-state index in [0.29, 0.717) is 19.8 Å². The number of ether oxygens (including phenoxy) is 2. The lowest BCUT2D eigenvalue weighted by molar-refractivity contribution is -0.141. The van der Waals surface area contributed by atoms with E-state index in [4.69, 9.17) is 9.47 Å². The molecule has 118 valence electrons. The first-order chi connectivity index (χ1) is 9.95. The van der Waals surface area contributed by atoms with Gasteiger partial charge in [0.1, 0.15) is 11.9 Å². The second-order valence-corrected chi connectivity index (χ2v) is 5.33.